The molecule has 1 N–H and O–H groups in total. The van der Waals surface area contributed by atoms with E-state index >= 15 is 0 Å². The van der Waals surface area contributed by atoms with Gasteiger partial charge in [-0.25, -0.2) is 0 Å². The molecule has 0 bridgehead atoms. The van der Waals surface area contributed by atoms with Crippen molar-refractivity contribution >= 4 is 39.9 Å². The first-order chi connectivity index (χ1) is 16.4. The standard InChI is InChI=1S/C27H25ClN2O4/c1-2-26(32)29-9-5-6-17(14-29)15-30-24-13-23(28)22(12-25(24)34-16-27(30)33)21-11-19(31)10-18-7-3-4-8-20(18)21/h2-4,7-8,10-13,17,31H,1,5-6,9,14-16H2. The number of hydrogen-bond acceptors (Lipinski definition) is 4. The molecule has 34 heavy (non-hydrogen) atoms. The van der Waals surface area contributed by atoms with Gasteiger partial charge in [0.05, 0.1) is 10.7 Å². The predicted molar refractivity (Wildman–Crippen MR) is 133 cm³/mol. The van der Waals surface area contributed by atoms with Crippen molar-refractivity contribution in [3.05, 3.63) is 66.2 Å². The molecule has 2 heterocycles. The second-order valence-corrected chi connectivity index (χ2v) is 9.21. The van der Waals surface area contributed by atoms with Crippen LogP contribution in [0.4, 0.5) is 5.69 Å². The Morgan fingerprint density at radius 3 is 2.85 bits per heavy atom. The van der Waals surface area contributed by atoms with E-state index in [9.17, 15) is 14.7 Å². The van der Waals surface area contributed by atoms with E-state index in [2.05, 4.69) is 6.58 Å². The predicted octanol–water partition coefficient (Wildman–Crippen LogP) is 5.02. The summed E-state index contributed by atoms with van der Waals surface area (Å²) in [4.78, 5) is 28.4. The van der Waals surface area contributed by atoms with E-state index < -0.39 is 0 Å². The fourth-order valence-corrected chi connectivity index (χ4v) is 5.21. The van der Waals surface area contributed by atoms with Crippen LogP contribution in [0.15, 0.2) is 61.2 Å². The molecule has 6 nitrogen and oxygen atoms in total. The summed E-state index contributed by atoms with van der Waals surface area (Å²) in [5.74, 6) is 0.661. The number of aromatic hydroxyl groups is 1. The molecule has 0 aliphatic carbocycles. The van der Waals surface area contributed by atoms with Crippen LogP contribution >= 0.6 is 11.6 Å². The number of benzene rings is 3. The molecule has 2 aliphatic heterocycles. The highest BCUT2D eigenvalue weighted by molar-refractivity contribution is 6.34. The van der Waals surface area contributed by atoms with Crippen LogP contribution in [0.3, 0.4) is 0 Å². The number of anilines is 1. The lowest BCUT2D eigenvalue weighted by Gasteiger charge is -2.37. The molecule has 5 rings (SSSR count). The van der Waals surface area contributed by atoms with Gasteiger partial charge in [0.1, 0.15) is 11.5 Å². The van der Waals surface area contributed by atoms with Crippen LogP contribution < -0.4 is 9.64 Å². The van der Waals surface area contributed by atoms with Gasteiger partial charge in [-0.3, -0.25) is 9.59 Å². The molecule has 1 saturated heterocycles. The number of phenolic OH excluding ortho intramolecular Hbond substituents is 1. The second-order valence-electron chi connectivity index (χ2n) is 8.80. The number of halogens is 1. The third kappa shape index (κ3) is 4.10. The van der Waals surface area contributed by atoms with E-state index in [1.165, 1.54) is 6.08 Å². The summed E-state index contributed by atoms with van der Waals surface area (Å²) in [6, 6.07) is 14.8. The summed E-state index contributed by atoms with van der Waals surface area (Å²) in [6.07, 6.45) is 3.16. The Labute approximate surface area is 203 Å². The minimum absolute atomic E-state index is 0.0586. The monoisotopic (exact) mass is 476 g/mol. The first-order valence-corrected chi connectivity index (χ1v) is 11.7. The average molecular weight is 477 g/mol. The van der Waals surface area contributed by atoms with Gasteiger partial charge in [-0.05, 0) is 65.4 Å². The Hall–Kier alpha value is -3.51. The lowest BCUT2D eigenvalue weighted by Crippen LogP contribution is -2.47. The molecule has 3 aromatic rings. The topological polar surface area (TPSA) is 70.1 Å². The first-order valence-electron chi connectivity index (χ1n) is 11.3. The fourth-order valence-electron chi connectivity index (χ4n) is 4.95. The highest BCUT2D eigenvalue weighted by Gasteiger charge is 2.31. The van der Waals surface area contributed by atoms with Crippen molar-refractivity contribution < 1.29 is 19.4 Å². The molecule has 2 amide bonds. The number of hydrogen-bond donors (Lipinski definition) is 1. The van der Waals surface area contributed by atoms with Gasteiger partial charge in [-0.1, -0.05) is 42.4 Å². The van der Waals surface area contributed by atoms with Crippen molar-refractivity contribution in [1.29, 1.82) is 0 Å². The van der Waals surface area contributed by atoms with Gasteiger partial charge < -0.3 is 19.6 Å². The first kappa shape index (κ1) is 22.3. The number of nitrogens with zero attached hydrogens (tertiary/aromatic N) is 2. The molecule has 1 fully saturated rings. The largest absolute Gasteiger partial charge is 0.508 e. The van der Waals surface area contributed by atoms with Gasteiger partial charge >= 0.3 is 0 Å². The van der Waals surface area contributed by atoms with Gasteiger partial charge in [0.25, 0.3) is 5.91 Å². The van der Waals surface area contributed by atoms with Gasteiger partial charge in [-0.15, -0.1) is 0 Å². The van der Waals surface area contributed by atoms with Crippen molar-refractivity contribution in [2.45, 2.75) is 12.8 Å². The maximum atomic E-state index is 12.8. The van der Waals surface area contributed by atoms with E-state index in [4.69, 9.17) is 16.3 Å². The number of piperidine rings is 1. The maximum absolute atomic E-state index is 12.8. The number of ether oxygens (including phenoxy) is 1. The number of amides is 2. The summed E-state index contributed by atoms with van der Waals surface area (Å²) in [5, 5.41) is 12.6. The minimum atomic E-state index is -0.133. The molecule has 7 heteroatoms. The molecular formula is C27H25ClN2O4. The molecule has 1 unspecified atom stereocenters. The highest BCUT2D eigenvalue weighted by Crippen LogP contribution is 2.44. The van der Waals surface area contributed by atoms with Crippen LogP contribution in [0.5, 0.6) is 11.5 Å². The highest BCUT2D eigenvalue weighted by atomic mass is 35.5. The zero-order chi connectivity index (χ0) is 23.8. The lowest BCUT2D eigenvalue weighted by atomic mass is 9.95. The zero-order valence-electron chi connectivity index (χ0n) is 18.7. The van der Waals surface area contributed by atoms with Crippen molar-refractivity contribution in [2.75, 3.05) is 31.1 Å². The third-order valence-electron chi connectivity index (χ3n) is 6.57. The van der Waals surface area contributed by atoms with E-state index in [-0.39, 0.29) is 30.1 Å². The van der Waals surface area contributed by atoms with Crippen molar-refractivity contribution in [1.82, 2.24) is 4.90 Å². The molecule has 1 atom stereocenters. The van der Waals surface area contributed by atoms with Crippen LogP contribution in [-0.4, -0.2) is 48.1 Å². The van der Waals surface area contributed by atoms with E-state index in [0.29, 0.717) is 36.1 Å². The SMILES string of the molecule is C=CC(=O)N1CCCC(CN2C(=O)COc3cc(-c4cc(O)cc5ccccc45)c(Cl)cc32)C1. The van der Waals surface area contributed by atoms with Gasteiger partial charge in [0, 0.05) is 25.2 Å². The molecule has 2 aliphatic rings. The van der Waals surface area contributed by atoms with Gasteiger partial charge in [0.2, 0.25) is 5.91 Å². The van der Waals surface area contributed by atoms with Crippen molar-refractivity contribution in [2.24, 2.45) is 5.92 Å². The maximum Gasteiger partial charge on any atom is 0.265 e. The van der Waals surface area contributed by atoms with E-state index in [0.717, 1.165) is 34.7 Å². The summed E-state index contributed by atoms with van der Waals surface area (Å²) in [5.41, 5.74) is 2.14. The number of carbonyl (C=O) groups is 2. The summed E-state index contributed by atoms with van der Waals surface area (Å²) >= 11 is 6.75. The van der Waals surface area contributed by atoms with Crippen LogP contribution in [0.2, 0.25) is 5.02 Å². The summed E-state index contributed by atoms with van der Waals surface area (Å²) < 4.78 is 5.80. The zero-order valence-corrected chi connectivity index (χ0v) is 19.4. The van der Waals surface area contributed by atoms with E-state index in [1.54, 1.807) is 28.0 Å². The molecule has 0 spiro atoms. The Kier molecular flexibility index (Phi) is 5.92. The second kappa shape index (κ2) is 9.03. The van der Waals surface area contributed by atoms with Crippen LogP contribution in [0, 0.1) is 5.92 Å². The molecule has 3 aromatic carbocycles. The Bertz CT molecular complexity index is 1310. The summed E-state index contributed by atoms with van der Waals surface area (Å²) in [7, 11) is 0. The van der Waals surface area contributed by atoms with Crippen LogP contribution in [0.1, 0.15) is 12.8 Å². The van der Waals surface area contributed by atoms with Gasteiger partial charge in [0.15, 0.2) is 6.61 Å². The molecule has 0 radical (unpaired) electrons. The quantitative estimate of drug-likeness (QED) is 0.537. The van der Waals surface area contributed by atoms with E-state index in [1.807, 2.05) is 30.3 Å². The minimum Gasteiger partial charge on any atom is -0.508 e. The molecular weight excluding hydrogens is 452 g/mol. The number of carbonyl (C=O) groups excluding carboxylic acids is 2. The van der Waals surface area contributed by atoms with Gasteiger partial charge in [-0.2, -0.15) is 0 Å². The van der Waals surface area contributed by atoms with Crippen molar-refractivity contribution in [3.63, 3.8) is 0 Å². The third-order valence-corrected chi connectivity index (χ3v) is 6.89. The number of likely N-dealkylation sites (tertiary alicyclic amines) is 1. The number of phenols is 1. The molecule has 0 aromatic heterocycles. The Morgan fingerprint density at radius 1 is 1.21 bits per heavy atom. The molecule has 174 valence electrons. The number of rotatable bonds is 4. The Morgan fingerprint density at radius 2 is 2.03 bits per heavy atom. The lowest BCUT2D eigenvalue weighted by molar-refractivity contribution is -0.127. The number of fused-ring (bicyclic) bond motifs is 2. The molecule has 0 saturated carbocycles. The van der Waals surface area contributed by atoms with Crippen LogP contribution in [-0.2, 0) is 9.59 Å². The normalized spacial score (nSPS) is 17.9. The Balaban J connectivity index is 1.49. The fraction of sp³-hybridized carbons (Fsp3) is 0.259. The summed E-state index contributed by atoms with van der Waals surface area (Å²) in [6.45, 7) is 5.31. The average Bonchev–Trinajstić information content (AvgIpc) is 2.85. The smallest absolute Gasteiger partial charge is 0.265 e. The van der Waals surface area contributed by atoms with Crippen LogP contribution in [0.25, 0.3) is 21.9 Å². The van der Waals surface area contributed by atoms with Crippen molar-refractivity contribution in [3.8, 4) is 22.6 Å².